The minimum Gasteiger partial charge on any atom is -0.410 e. The molecule has 0 aliphatic carbocycles. The summed E-state index contributed by atoms with van der Waals surface area (Å²) < 4.78 is 6.71. The number of ether oxygens (including phenoxy) is 1. The number of para-hydroxylation sites is 1. The van der Waals surface area contributed by atoms with Gasteiger partial charge in [0, 0.05) is 11.8 Å². The molecule has 4 nitrogen and oxygen atoms in total. The summed E-state index contributed by atoms with van der Waals surface area (Å²) in [4.78, 5) is 16.7. The summed E-state index contributed by atoms with van der Waals surface area (Å²) in [5.41, 5.74) is 4.28. The van der Waals surface area contributed by atoms with Crippen LogP contribution in [-0.4, -0.2) is 15.6 Å². The molecule has 0 spiro atoms. The molecule has 0 bridgehead atoms. The van der Waals surface area contributed by atoms with Crippen LogP contribution in [0, 0.1) is 0 Å². The Bertz CT molecular complexity index is 1060. The molecule has 0 saturated heterocycles. The third kappa shape index (κ3) is 4.35. The van der Waals surface area contributed by atoms with E-state index >= 15 is 0 Å². The van der Waals surface area contributed by atoms with Gasteiger partial charge in [-0.3, -0.25) is 0 Å². The highest BCUT2D eigenvalue weighted by Gasteiger charge is 2.10. The molecule has 138 valence electrons. The second kappa shape index (κ2) is 8.35. The number of hydrogen-bond donors (Lipinski definition) is 0. The molecule has 0 N–H and O–H groups in total. The number of benzene rings is 3. The van der Waals surface area contributed by atoms with Gasteiger partial charge in [-0.2, -0.15) is 0 Å². The van der Waals surface area contributed by atoms with Crippen molar-refractivity contribution in [3.63, 3.8) is 0 Å². The summed E-state index contributed by atoms with van der Waals surface area (Å²) in [5, 5.41) is 0. The van der Waals surface area contributed by atoms with Crippen molar-refractivity contribution >= 4 is 6.09 Å². The highest BCUT2D eigenvalue weighted by Crippen LogP contribution is 2.20. The van der Waals surface area contributed by atoms with E-state index < -0.39 is 6.09 Å². The molecule has 3 aromatic carbocycles. The van der Waals surface area contributed by atoms with Crippen molar-refractivity contribution in [2.45, 2.75) is 12.8 Å². The van der Waals surface area contributed by atoms with Crippen LogP contribution in [0.4, 0.5) is 4.79 Å². The van der Waals surface area contributed by atoms with Gasteiger partial charge in [0.25, 0.3) is 0 Å². The van der Waals surface area contributed by atoms with Crippen LogP contribution >= 0.6 is 0 Å². The zero-order valence-electron chi connectivity index (χ0n) is 15.4. The number of nitrogens with zero attached hydrogens (tertiary/aromatic N) is 2. The fourth-order valence-electron chi connectivity index (χ4n) is 3.03. The minimum absolute atomic E-state index is 0.481. The lowest BCUT2D eigenvalue weighted by molar-refractivity contribution is 0.202. The van der Waals surface area contributed by atoms with E-state index in [0.29, 0.717) is 5.75 Å². The number of imidazole rings is 1. The van der Waals surface area contributed by atoms with Crippen molar-refractivity contribution in [1.82, 2.24) is 9.55 Å². The number of aromatic nitrogens is 2. The van der Waals surface area contributed by atoms with E-state index in [1.807, 2.05) is 36.4 Å². The van der Waals surface area contributed by atoms with Gasteiger partial charge in [-0.15, -0.1) is 0 Å². The van der Waals surface area contributed by atoms with Crippen molar-refractivity contribution in [2.24, 2.45) is 0 Å². The first kappa shape index (κ1) is 17.7. The van der Waals surface area contributed by atoms with Crippen LogP contribution in [0.15, 0.2) is 97.5 Å². The highest BCUT2D eigenvalue weighted by molar-refractivity contribution is 5.74. The van der Waals surface area contributed by atoms with Gasteiger partial charge in [0.15, 0.2) is 0 Å². The second-order valence-corrected chi connectivity index (χ2v) is 6.53. The quantitative estimate of drug-likeness (QED) is 0.475. The molecule has 4 rings (SSSR count). The summed E-state index contributed by atoms with van der Waals surface area (Å²) in [7, 11) is 0. The first-order chi connectivity index (χ1) is 13.8. The maximum atomic E-state index is 12.3. The highest BCUT2D eigenvalue weighted by atomic mass is 16.6. The molecule has 0 atom stereocenters. The molecule has 0 amide bonds. The molecule has 4 heteroatoms. The van der Waals surface area contributed by atoms with Crippen LogP contribution in [0.2, 0.25) is 0 Å². The van der Waals surface area contributed by atoms with E-state index in [1.165, 1.54) is 22.0 Å². The first-order valence-corrected chi connectivity index (χ1v) is 9.22. The van der Waals surface area contributed by atoms with E-state index in [9.17, 15) is 4.79 Å². The van der Waals surface area contributed by atoms with Gasteiger partial charge in [0.2, 0.25) is 0 Å². The first-order valence-electron chi connectivity index (χ1n) is 9.22. The zero-order valence-corrected chi connectivity index (χ0v) is 15.4. The lowest BCUT2D eigenvalue weighted by Gasteiger charge is -2.05. The number of aryl methyl sites for hydroxylation is 2. The summed E-state index contributed by atoms with van der Waals surface area (Å²) in [6.07, 6.45) is 4.64. The van der Waals surface area contributed by atoms with Gasteiger partial charge in [0.1, 0.15) is 12.1 Å². The molecule has 1 heterocycles. The standard InChI is InChI=1S/C24H20N2O2/c27-24(28-22-12-5-2-6-13-22)26-17-23(25-18-26)21-11-7-10-20(16-21)15-14-19-8-3-1-4-9-19/h1-13,16-18H,14-15H2. The van der Waals surface area contributed by atoms with Crippen LogP contribution in [0.1, 0.15) is 11.1 Å². The fraction of sp³-hybridized carbons (Fsp3) is 0.0833. The van der Waals surface area contributed by atoms with E-state index in [0.717, 1.165) is 24.1 Å². The predicted octanol–water partition coefficient (Wildman–Crippen LogP) is 5.38. The monoisotopic (exact) mass is 368 g/mol. The maximum Gasteiger partial charge on any atom is 0.424 e. The maximum absolute atomic E-state index is 12.3. The van der Waals surface area contributed by atoms with Gasteiger partial charge in [-0.25, -0.2) is 14.3 Å². The molecular weight excluding hydrogens is 348 g/mol. The SMILES string of the molecule is O=C(Oc1ccccc1)n1cnc(-c2cccc(CCc3ccccc3)c2)c1. The molecule has 1 aromatic heterocycles. The molecule has 0 aliphatic rings. The molecule has 0 saturated carbocycles. The van der Waals surface area contributed by atoms with Crippen molar-refractivity contribution in [1.29, 1.82) is 0 Å². The Morgan fingerprint density at radius 3 is 2.29 bits per heavy atom. The molecule has 28 heavy (non-hydrogen) atoms. The number of rotatable bonds is 5. The topological polar surface area (TPSA) is 44.1 Å². The Hall–Kier alpha value is -3.66. The average molecular weight is 368 g/mol. The smallest absolute Gasteiger partial charge is 0.410 e. The third-order valence-corrected chi connectivity index (χ3v) is 4.51. The summed E-state index contributed by atoms with van der Waals surface area (Å²) >= 11 is 0. The number of carbonyl (C=O) groups excluding carboxylic acids is 1. The second-order valence-electron chi connectivity index (χ2n) is 6.53. The molecular formula is C24H20N2O2. The lowest BCUT2D eigenvalue weighted by atomic mass is 10.0. The fourth-order valence-corrected chi connectivity index (χ4v) is 3.03. The summed E-state index contributed by atoms with van der Waals surface area (Å²) in [6.45, 7) is 0. The molecule has 0 unspecified atom stereocenters. The zero-order chi connectivity index (χ0) is 19.2. The average Bonchev–Trinajstić information content (AvgIpc) is 3.25. The number of hydrogen-bond acceptors (Lipinski definition) is 3. The Labute approximate surface area is 164 Å². The van der Waals surface area contributed by atoms with Crippen molar-refractivity contribution in [2.75, 3.05) is 0 Å². The van der Waals surface area contributed by atoms with Gasteiger partial charge < -0.3 is 4.74 Å². The van der Waals surface area contributed by atoms with Gasteiger partial charge in [-0.1, -0.05) is 66.7 Å². The Balaban J connectivity index is 1.45. The Morgan fingerprint density at radius 2 is 1.50 bits per heavy atom. The van der Waals surface area contributed by atoms with Crippen LogP contribution in [-0.2, 0) is 12.8 Å². The minimum atomic E-state index is -0.481. The van der Waals surface area contributed by atoms with E-state index in [1.54, 1.807) is 18.3 Å². The van der Waals surface area contributed by atoms with Crippen molar-refractivity contribution in [3.8, 4) is 17.0 Å². The van der Waals surface area contributed by atoms with E-state index in [2.05, 4.69) is 41.4 Å². The number of carbonyl (C=O) groups is 1. The van der Waals surface area contributed by atoms with Crippen molar-refractivity contribution in [3.05, 3.63) is 109 Å². The molecule has 0 radical (unpaired) electrons. The van der Waals surface area contributed by atoms with E-state index in [-0.39, 0.29) is 0 Å². The summed E-state index contributed by atoms with van der Waals surface area (Å²) in [5.74, 6) is 0.505. The molecule has 0 aliphatic heterocycles. The van der Waals surface area contributed by atoms with E-state index in [4.69, 9.17) is 4.74 Å². The van der Waals surface area contributed by atoms with Gasteiger partial charge in [0.05, 0.1) is 5.69 Å². The molecule has 0 fully saturated rings. The van der Waals surface area contributed by atoms with Crippen molar-refractivity contribution < 1.29 is 9.53 Å². The van der Waals surface area contributed by atoms with Crippen LogP contribution in [0.3, 0.4) is 0 Å². The van der Waals surface area contributed by atoms with Crippen LogP contribution < -0.4 is 4.74 Å². The largest absolute Gasteiger partial charge is 0.424 e. The van der Waals surface area contributed by atoms with Gasteiger partial charge >= 0.3 is 6.09 Å². The Kier molecular flexibility index (Phi) is 5.29. The van der Waals surface area contributed by atoms with Gasteiger partial charge in [-0.05, 0) is 42.2 Å². The van der Waals surface area contributed by atoms with Crippen LogP contribution in [0.25, 0.3) is 11.3 Å². The summed E-state index contributed by atoms with van der Waals surface area (Å²) in [6, 6.07) is 27.7. The third-order valence-electron chi connectivity index (χ3n) is 4.51. The molecule has 4 aromatic rings. The lowest BCUT2D eigenvalue weighted by Crippen LogP contribution is -2.14. The predicted molar refractivity (Wildman–Crippen MR) is 109 cm³/mol. The van der Waals surface area contributed by atoms with Crippen LogP contribution in [0.5, 0.6) is 5.75 Å². The normalized spacial score (nSPS) is 10.6. The Morgan fingerprint density at radius 1 is 0.821 bits per heavy atom.